The Bertz CT molecular complexity index is 1180. The van der Waals surface area contributed by atoms with Crippen LogP contribution in [0.1, 0.15) is 61.5 Å². The Kier molecular flexibility index (Phi) is 9.69. The van der Waals surface area contributed by atoms with Crippen molar-refractivity contribution in [2.75, 3.05) is 52.6 Å². The monoisotopic (exact) mass is 540 g/mol. The maximum Gasteiger partial charge on any atom is 0.290 e. The zero-order valence-corrected chi connectivity index (χ0v) is 23.4. The van der Waals surface area contributed by atoms with Gasteiger partial charge in [0.25, 0.3) is 5.91 Å². The number of aliphatic hydroxyl groups excluding tert-OH is 1. The van der Waals surface area contributed by atoms with E-state index in [-0.39, 0.29) is 11.3 Å². The van der Waals surface area contributed by atoms with Crippen molar-refractivity contribution in [2.24, 2.45) is 5.92 Å². The van der Waals surface area contributed by atoms with Crippen LogP contribution in [0.25, 0.3) is 0 Å². The van der Waals surface area contributed by atoms with Crippen LogP contribution in [0.2, 0.25) is 0 Å². The number of hydrogen-bond acceptors (Lipinski definition) is 8. The van der Waals surface area contributed by atoms with Crippen molar-refractivity contribution in [3.05, 3.63) is 58.7 Å². The number of furan rings is 1. The van der Waals surface area contributed by atoms with Crippen molar-refractivity contribution in [2.45, 2.75) is 46.6 Å². The molecule has 1 amide bonds. The average Bonchev–Trinajstić information content (AvgIpc) is 3.46. The van der Waals surface area contributed by atoms with E-state index in [0.29, 0.717) is 68.1 Å². The molecule has 2 aliphatic rings. The van der Waals surface area contributed by atoms with Gasteiger partial charge in [-0.2, -0.15) is 0 Å². The molecule has 0 spiro atoms. The van der Waals surface area contributed by atoms with Crippen molar-refractivity contribution in [1.82, 2.24) is 9.80 Å². The quantitative estimate of drug-likeness (QED) is 0.365. The van der Waals surface area contributed by atoms with Gasteiger partial charge >= 0.3 is 0 Å². The first-order valence-corrected chi connectivity index (χ1v) is 13.8. The first-order valence-electron chi connectivity index (χ1n) is 13.8. The molecular weight excluding hydrogens is 500 g/mol. The van der Waals surface area contributed by atoms with Gasteiger partial charge in [0, 0.05) is 26.2 Å². The second-order valence-corrected chi connectivity index (χ2v) is 10.4. The Balaban J connectivity index is 1.65. The summed E-state index contributed by atoms with van der Waals surface area (Å²) >= 11 is 0. The minimum absolute atomic E-state index is 0.0108. The molecule has 1 aromatic carbocycles. The van der Waals surface area contributed by atoms with Crippen LogP contribution in [0.3, 0.4) is 0 Å². The van der Waals surface area contributed by atoms with Gasteiger partial charge in [0.05, 0.1) is 38.0 Å². The second kappa shape index (κ2) is 13.2. The van der Waals surface area contributed by atoms with Gasteiger partial charge in [0.1, 0.15) is 5.76 Å². The third-order valence-corrected chi connectivity index (χ3v) is 7.03. The number of aryl methyl sites for hydroxylation is 1. The molecule has 1 saturated heterocycles. The normalized spacial score (nSPS) is 18.3. The van der Waals surface area contributed by atoms with Crippen molar-refractivity contribution in [3.8, 4) is 11.5 Å². The Morgan fingerprint density at radius 3 is 2.54 bits per heavy atom. The summed E-state index contributed by atoms with van der Waals surface area (Å²) in [5.74, 6) is 0.680. The average molecular weight is 541 g/mol. The molecule has 3 heterocycles. The Labute approximate surface area is 230 Å². The molecule has 1 unspecified atom stereocenters. The number of Topliss-reactive ketones (excluding diaryl/α,β-unsaturated/α-hetero) is 1. The van der Waals surface area contributed by atoms with Crippen molar-refractivity contribution < 1.29 is 33.3 Å². The summed E-state index contributed by atoms with van der Waals surface area (Å²) in [6, 6.07) is 7.92. The van der Waals surface area contributed by atoms with E-state index < -0.39 is 23.5 Å². The van der Waals surface area contributed by atoms with Crippen molar-refractivity contribution in [1.29, 1.82) is 0 Å². The van der Waals surface area contributed by atoms with Crippen LogP contribution in [0, 0.1) is 12.8 Å². The molecule has 9 heteroatoms. The van der Waals surface area contributed by atoms with E-state index in [9.17, 15) is 14.7 Å². The molecule has 1 aromatic heterocycles. The predicted molar refractivity (Wildman–Crippen MR) is 146 cm³/mol. The third-order valence-electron chi connectivity index (χ3n) is 7.03. The number of aliphatic hydroxyl groups is 1. The number of carbonyl (C=O) groups is 2. The summed E-state index contributed by atoms with van der Waals surface area (Å²) in [7, 11) is 0. The van der Waals surface area contributed by atoms with Gasteiger partial charge in [-0.15, -0.1) is 0 Å². The molecule has 0 aliphatic carbocycles. The fraction of sp³-hybridized carbons (Fsp3) is 0.533. The van der Waals surface area contributed by atoms with Crippen LogP contribution in [0.4, 0.5) is 0 Å². The van der Waals surface area contributed by atoms with Gasteiger partial charge in [0.2, 0.25) is 5.78 Å². The smallest absolute Gasteiger partial charge is 0.290 e. The SMILES string of the molecule is CCOc1cc(C2C(C(=O)c3ccc(C)o3)=C(O)C(=O)N2CCCN2CCOCC2)ccc1OCCC(C)C. The lowest BCUT2D eigenvalue weighted by Gasteiger charge is -2.30. The van der Waals surface area contributed by atoms with Gasteiger partial charge in [-0.05, 0) is 62.4 Å². The maximum atomic E-state index is 13.6. The maximum absolute atomic E-state index is 13.6. The van der Waals surface area contributed by atoms with Crippen LogP contribution < -0.4 is 9.47 Å². The molecule has 212 valence electrons. The summed E-state index contributed by atoms with van der Waals surface area (Å²) in [6.07, 6.45) is 1.59. The van der Waals surface area contributed by atoms with Crippen LogP contribution in [-0.4, -0.2) is 79.2 Å². The number of carbonyl (C=O) groups excluding carboxylic acids is 2. The fourth-order valence-electron chi connectivity index (χ4n) is 4.93. The number of ketones is 1. The Morgan fingerprint density at radius 2 is 1.87 bits per heavy atom. The minimum Gasteiger partial charge on any atom is -0.503 e. The zero-order chi connectivity index (χ0) is 27.9. The molecule has 9 nitrogen and oxygen atoms in total. The van der Waals surface area contributed by atoms with Gasteiger partial charge in [0.15, 0.2) is 23.0 Å². The second-order valence-electron chi connectivity index (χ2n) is 10.4. The van der Waals surface area contributed by atoms with Crippen LogP contribution in [-0.2, 0) is 9.53 Å². The molecule has 0 saturated carbocycles. The fourth-order valence-corrected chi connectivity index (χ4v) is 4.93. The summed E-state index contributed by atoms with van der Waals surface area (Å²) < 4.78 is 22.9. The molecule has 0 radical (unpaired) electrons. The number of hydrogen-bond donors (Lipinski definition) is 1. The van der Waals surface area contributed by atoms with Gasteiger partial charge in [-0.3, -0.25) is 14.5 Å². The number of ether oxygens (including phenoxy) is 3. The molecule has 39 heavy (non-hydrogen) atoms. The van der Waals surface area contributed by atoms with E-state index >= 15 is 0 Å². The molecule has 4 rings (SSSR count). The highest BCUT2D eigenvalue weighted by atomic mass is 16.5. The highest BCUT2D eigenvalue weighted by Gasteiger charge is 2.44. The number of rotatable bonds is 13. The molecule has 1 atom stereocenters. The first kappa shape index (κ1) is 28.7. The lowest BCUT2D eigenvalue weighted by Crippen LogP contribution is -2.39. The van der Waals surface area contributed by atoms with Crippen LogP contribution in [0.5, 0.6) is 11.5 Å². The van der Waals surface area contributed by atoms with E-state index in [0.717, 1.165) is 26.1 Å². The molecule has 1 fully saturated rings. The van der Waals surface area contributed by atoms with Gasteiger partial charge < -0.3 is 28.6 Å². The molecule has 2 aliphatic heterocycles. The summed E-state index contributed by atoms with van der Waals surface area (Å²) in [5.41, 5.74) is 0.668. The standard InChI is InChI=1S/C30H40N2O7/c1-5-37-25-19-22(8-10-23(25)38-16-11-20(2)3)27-26(28(33)24-9-7-21(4)39-24)29(34)30(35)32(27)13-6-12-31-14-17-36-18-15-31/h7-10,19-20,27,34H,5-6,11-18H2,1-4H3. The topological polar surface area (TPSA) is 102 Å². The van der Waals surface area contributed by atoms with E-state index in [1.807, 2.05) is 19.1 Å². The van der Waals surface area contributed by atoms with Gasteiger partial charge in [-0.1, -0.05) is 19.9 Å². The van der Waals surface area contributed by atoms with Crippen molar-refractivity contribution in [3.63, 3.8) is 0 Å². The zero-order valence-electron chi connectivity index (χ0n) is 23.4. The van der Waals surface area contributed by atoms with E-state index in [1.54, 1.807) is 30.0 Å². The minimum atomic E-state index is -0.788. The van der Waals surface area contributed by atoms with E-state index in [2.05, 4.69) is 18.7 Å². The van der Waals surface area contributed by atoms with Crippen LogP contribution >= 0.6 is 0 Å². The summed E-state index contributed by atoms with van der Waals surface area (Å²) in [4.78, 5) is 30.8. The first-order chi connectivity index (χ1) is 18.8. The molecule has 0 bridgehead atoms. The summed E-state index contributed by atoms with van der Waals surface area (Å²) in [5, 5.41) is 11.0. The largest absolute Gasteiger partial charge is 0.503 e. The highest BCUT2D eigenvalue weighted by molar-refractivity contribution is 6.15. The van der Waals surface area contributed by atoms with Crippen LogP contribution in [0.15, 0.2) is 46.1 Å². The Hall–Kier alpha value is -3.30. The molecule has 2 aromatic rings. The number of amides is 1. The van der Waals surface area contributed by atoms with E-state index in [1.165, 1.54) is 0 Å². The molecular formula is C30H40N2O7. The van der Waals surface area contributed by atoms with E-state index in [4.69, 9.17) is 18.6 Å². The number of morpholine rings is 1. The van der Waals surface area contributed by atoms with Gasteiger partial charge in [-0.25, -0.2) is 0 Å². The number of nitrogens with zero attached hydrogens (tertiary/aromatic N) is 2. The Morgan fingerprint density at radius 1 is 1.10 bits per heavy atom. The lowest BCUT2D eigenvalue weighted by molar-refractivity contribution is -0.129. The highest BCUT2D eigenvalue weighted by Crippen LogP contribution is 2.42. The molecule has 1 N–H and O–H groups in total. The predicted octanol–water partition coefficient (Wildman–Crippen LogP) is 4.71. The summed E-state index contributed by atoms with van der Waals surface area (Å²) in [6.45, 7) is 13.1. The lowest BCUT2D eigenvalue weighted by atomic mass is 9.94. The third kappa shape index (κ3) is 6.83. The van der Waals surface area contributed by atoms with Crippen molar-refractivity contribution >= 4 is 11.7 Å². The number of benzene rings is 1.